The summed E-state index contributed by atoms with van der Waals surface area (Å²) in [6, 6.07) is 9.90. The van der Waals surface area contributed by atoms with Gasteiger partial charge in [0.2, 0.25) is 0 Å². The van der Waals surface area contributed by atoms with Crippen molar-refractivity contribution in [1.82, 2.24) is 0 Å². The molecule has 0 aromatic heterocycles. The third kappa shape index (κ3) is 5.00. The first-order valence-electron chi connectivity index (χ1n) is 12.2. The Labute approximate surface area is 173 Å². The molecule has 0 spiro atoms. The van der Waals surface area contributed by atoms with E-state index in [4.69, 9.17) is 0 Å². The van der Waals surface area contributed by atoms with Gasteiger partial charge in [0.1, 0.15) is 0 Å². The van der Waals surface area contributed by atoms with E-state index in [1.165, 1.54) is 101 Å². The van der Waals surface area contributed by atoms with Crippen LogP contribution in [-0.2, 0) is 12.8 Å². The maximum absolute atomic E-state index is 2.48. The first-order chi connectivity index (χ1) is 13.7. The summed E-state index contributed by atoms with van der Waals surface area (Å²) < 4.78 is 0. The zero-order chi connectivity index (χ0) is 19.3. The van der Waals surface area contributed by atoms with Crippen LogP contribution >= 0.6 is 0 Å². The van der Waals surface area contributed by atoms with E-state index in [1.54, 1.807) is 21.9 Å². The van der Waals surface area contributed by atoms with Gasteiger partial charge in [-0.05, 0) is 73.3 Å². The van der Waals surface area contributed by atoms with Crippen molar-refractivity contribution >= 4 is 10.8 Å². The highest BCUT2D eigenvalue weighted by atomic mass is 14.2. The molecule has 2 fully saturated rings. The highest BCUT2D eigenvalue weighted by Crippen LogP contribution is 2.33. The van der Waals surface area contributed by atoms with E-state index in [2.05, 4.69) is 38.1 Å². The van der Waals surface area contributed by atoms with Crippen LogP contribution in [0.1, 0.15) is 99.3 Å². The molecule has 0 unspecified atom stereocenters. The monoisotopic (exact) mass is 376 g/mol. The molecule has 0 amide bonds. The molecule has 0 nitrogen and oxygen atoms in total. The van der Waals surface area contributed by atoms with Gasteiger partial charge in [-0.15, -0.1) is 0 Å². The Bertz CT molecular complexity index is 705. The summed E-state index contributed by atoms with van der Waals surface area (Å²) in [6.07, 6.45) is 20.0. The van der Waals surface area contributed by atoms with Gasteiger partial charge in [0.25, 0.3) is 0 Å². The predicted molar refractivity (Wildman–Crippen MR) is 123 cm³/mol. The molecule has 2 aliphatic carbocycles. The van der Waals surface area contributed by atoms with E-state index < -0.39 is 0 Å². The minimum absolute atomic E-state index is 0.972. The Balaban J connectivity index is 1.55. The summed E-state index contributed by atoms with van der Waals surface area (Å²) in [5.41, 5.74) is 6.13. The molecule has 4 rings (SSSR count). The van der Waals surface area contributed by atoms with Gasteiger partial charge in [0.05, 0.1) is 0 Å². The van der Waals surface area contributed by atoms with E-state index in [1.807, 2.05) is 0 Å². The normalized spacial score (nSPS) is 19.4. The molecular formula is C28H40. The topological polar surface area (TPSA) is 0 Å². The molecular weight excluding hydrogens is 336 g/mol. The number of benzene rings is 2. The first-order valence-corrected chi connectivity index (χ1v) is 12.2. The predicted octanol–water partition coefficient (Wildman–Crippen LogP) is 8.48. The summed E-state index contributed by atoms with van der Waals surface area (Å²) in [7, 11) is 0. The molecule has 0 atom stereocenters. The van der Waals surface area contributed by atoms with Crippen LogP contribution in [0.5, 0.6) is 0 Å². The lowest BCUT2D eigenvalue weighted by atomic mass is 9.83. The van der Waals surface area contributed by atoms with Gasteiger partial charge in [-0.2, -0.15) is 0 Å². The van der Waals surface area contributed by atoms with Gasteiger partial charge in [-0.1, -0.05) is 99.6 Å². The lowest BCUT2D eigenvalue weighted by Crippen LogP contribution is -2.08. The van der Waals surface area contributed by atoms with E-state index >= 15 is 0 Å². The standard InChI is InChI=1S/C28H40/c1-21-17-25(15-13-23-9-5-3-6-10-23)28-20-22(2)18-26(27(28)19-21)16-14-24-11-7-4-8-12-24/h17-20,23-24H,3-16H2,1-2H3. The second kappa shape index (κ2) is 9.47. The van der Waals surface area contributed by atoms with Crippen molar-refractivity contribution in [3.63, 3.8) is 0 Å². The summed E-state index contributed by atoms with van der Waals surface area (Å²) in [5.74, 6) is 1.94. The smallest absolute Gasteiger partial charge is 0.0146 e. The minimum Gasteiger partial charge on any atom is -0.0555 e. The number of hydrogen-bond donors (Lipinski definition) is 0. The molecule has 2 aromatic rings. The Morgan fingerprint density at radius 1 is 0.571 bits per heavy atom. The van der Waals surface area contributed by atoms with Gasteiger partial charge in [-0.3, -0.25) is 0 Å². The van der Waals surface area contributed by atoms with Crippen molar-refractivity contribution in [3.05, 3.63) is 46.5 Å². The molecule has 28 heavy (non-hydrogen) atoms. The van der Waals surface area contributed by atoms with Crippen molar-refractivity contribution in [2.75, 3.05) is 0 Å². The molecule has 152 valence electrons. The second-order valence-electron chi connectivity index (χ2n) is 10.0. The van der Waals surface area contributed by atoms with E-state index in [-0.39, 0.29) is 0 Å². The van der Waals surface area contributed by atoms with Crippen LogP contribution in [0.4, 0.5) is 0 Å². The Morgan fingerprint density at radius 2 is 0.964 bits per heavy atom. The van der Waals surface area contributed by atoms with E-state index in [9.17, 15) is 0 Å². The minimum atomic E-state index is 0.972. The van der Waals surface area contributed by atoms with Crippen LogP contribution in [0.3, 0.4) is 0 Å². The molecule has 0 saturated heterocycles. The molecule has 2 aliphatic rings. The number of hydrogen-bond acceptors (Lipinski definition) is 0. The molecule has 0 N–H and O–H groups in total. The first kappa shape index (κ1) is 20.0. The van der Waals surface area contributed by atoms with Crippen LogP contribution in [-0.4, -0.2) is 0 Å². The number of aryl methyl sites for hydroxylation is 4. The van der Waals surface area contributed by atoms with Gasteiger partial charge in [0.15, 0.2) is 0 Å². The van der Waals surface area contributed by atoms with Gasteiger partial charge in [-0.25, -0.2) is 0 Å². The fraction of sp³-hybridized carbons (Fsp3) is 0.643. The molecule has 2 saturated carbocycles. The zero-order valence-corrected chi connectivity index (χ0v) is 18.4. The summed E-state index contributed by atoms with van der Waals surface area (Å²) in [4.78, 5) is 0. The highest BCUT2D eigenvalue weighted by molar-refractivity contribution is 5.90. The van der Waals surface area contributed by atoms with E-state index in [0.29, 0.717) is 0 Å². The van der Waals surface area contributed by atoms with Crippen molar-refractivity contribution in [1.29, 1.82) is 0 Å². The van der Waals surface area contributed by atoms with Gasteiger partial charge < -0.3 is 0 Å². The fourth-order valence-corrected chi connectivity index (χ4v) is 6.02. The largest absolute Gasteiger partial charge is 0.0555 e. The lowest BCUT2D eigenvalue weighted by molar-refractivity contribution is 0.339. The third-order valence-electron chi connectivity index (χ3n) is 7.62. The van der Waals surface area contributed by atoms with Gasteiger partial charge in [0, 0.05) is 0 Å². The Morgan fingerprint density at radius 3 is 1.36 bits per heavy atom. The molecule has 0 heteroatoms. The molecule has 2 aromatic carbocycles. The van der Waals surface area contributed by atoms with Crippen LogP contribution in [0.15, 0.2) is 24.3 Å². The molecule has 0 heterocycles. The third-order valence-corrected chi connectivity index (χ3v) is 7.62. The Kier molecular flexibility index (Phi) is 6.76. The maximum atomic E-state index is 2.48. The highest BCUT2D eigenvalue weighted by Gasteiger charge is 2.16. The van der Waals surface area contributed by atoms with Crippen LogP contribution in [0.25, 0.3) is 10.8 Å². The van der Waals surface area contributed by atoms with Crippen LogP contribution in [0, 0.1) is 25.7 Å². The summed E-state index contributed by atoms with van der Waals surface area (Å²) >= 11 is 0. The summed E-state index contributed by atoms with van der Waals surface area (Å²) in [6.45, 7) is 4.60. The number of rotatable bonds is 6. The Hall–Kier alpha value is -1.30. The average Bonchev–Trinajstić information content (AvgIpc) is 2.72. The fourth-order valence-electron chi connectivity index (χ4n) is 6.02. The van der Waals surface area contributed by atoms with E-state index in [0.717, 1.165) is 11.8 Å². The second-order valence-corrected chi connectivity index (χ2v) is 10.0. The lowest BCUT2D eigenvalue weighted by Gasteiger charge is -2.23. The molecule has 0 bridgehead atoms. The van der Waals surface area contributed by atoms with Gasteiger partial charge >= 0.3 is 0 Å². The summed E-state index contributed by atoms with van der Waals surface area (Å²) in [5, 5.41) is 3.11. The maximum Gasteiger partial charge on any atom is -0.0146 e. The van der Waals surface area contributed by atoms with Crippen molar-refractivity contribution in [2.45, 2.75) is 104 Å². The zero-order valence-electron chi connectivity index (χ0n) is 18.4. The quantitative estimate of drug-likeness (QED) is 0.474. The SMILES string of the molecule is Cc1cc(CCC2CCCCC2)c2cc(C)cc(CCC3CCCCC3)c2c1. The van der Waals surface area contributed by atoms with Crippen molar-refractivity contribution in [2.24, 2.45) is 11.8 Å². The number of fused-ring (bicyclic) bond motifs is 1. The average molecular weight is 377 g/mol. The molecule has 0 aliphatic heterocycles. The van der Waals surface area contributed by atoms with Crippen LogP contribution < -0.4 is 0 Å². The molecule has 0 radical (unpaired) electrons. The van der Waals surface area contributed by atoms with Crippen molar-refractivity contribution in [3.8, 4) is 0 Å². The van der Waals surface area contributed by atoms with Crippen molar-refractivity contribution < 1.29 is 0 Å². The van der Waals surface area contributed by atoms with Crippen LogP contribution in [0.2, 0.25) is 0 Å².